The van der Waals surface area contributed by atoms with Gasteiger partial charge in [0.15, 0.2) is 0 Å². The SMILES string of the molecule is Cc1nc(CCC(C)(C)N)[nH]c1C. The molecule has 0 bridgehead atoms. The Morgan fingerprint density at radius 3 is 2.38 bits per heavy atom. The van der Waals surface area contributed by atoms with Crippen LogP contribution in [-0.2, 0) is 6.42 Å². The molecule has 0 saturated carbocycles. The lowest BCUT2D eigenvalue weighted by atomic mass is 10.0. The first kappa shape index (κ1) is 10.3. The van der Waals surface area contributed by atoms with Crippen LogP contribution < -0.4 is 5.73 Å². The molecule has 1 aromatic rings. The molecule has 0 aliphatic rings. The molecule has 0 aromatic carbocycles. The van der Waals surface area contributed by atoms with E-state index < -0.39 is 0 Å². The summed E-state index contributed by atoms with van der Waals surface area (Å²) in [5, 5.41) is 0. The Balaban J connectivity index is 2.56. The quantitative estimate of drug-likeness (QED) is 0.745. The summed E-state index contributed by atoms with van der Waals surface area (Å²) in [7, 11) is 0. The molecule has 0 aliphatic heterocycles. The van der Waals surface area contributed by atoms with Crippen LogP contribution in [0.5, 0.6) is 0 Å². The van der Waals surface area contributed by atoms with Gasteiger partial charge in [0.2, 0.25) is 0 Å². The maximum atomic E-state index is 5.89. The molecule has 13 heavy (non-hydrogen) atoms. The van der Waals surface area contributed by atoms with Gasteiger partial charge in [-0.1, -0.05) is 0 Å². The van der Waals surface area contributed by atoms with Crippen molar-refractivity contribution >= 4 is 0 Å². The lowest BCUT2D eigenvalue weighted by molar-refractivity contribution is 0.471. The summed E-state index contributed by atoms with van der Waals surface area (Å²) in [5.74, 6) is 1.05. The van der Waals surface area contributed by atoms with E-state index in [0.717, 1.165) is 30.1 Å². The smallest absolute Gasteiger partial charge is 0.106 e. The predicted octanol–water partition coefficient (Wildman–Crippen LogP) is 1.70. The fourth-order valence-electron chi connectivity index (χ4n) is 1.18. The highest BCUT2D eigenvalue weighted by Crippen LogP contribution is 2.10. The highest BCUT2D eigenvalue weighted by molar-refractivity contribution is 5.10. The fourth-order valence-corrected chi connectivity index (χ4v) is 1.18. The van der Waals surface area contributed by atoms with Crippen LogP contribution in [0, 0.1) is 13.8 Å². The van der Waals surface area contributed by atoms with Gasteiger partial charge in [0, 0.05) is 17.7 Å². The minimum absolute atomic E-state index is 0.103. The zero-order valence-corrected chi connectivity index (χ0v) is 8.94. The minimum atomic E-state index is -0.103. The molecule has 3 N–H and O–H groups in total. The normalized spacial score (nSPS) is 12.1. The molecule has 0 unspecified atom stereocenters. The van der Waals surface area contributed by atoms with E-state index in [9.17, 15) is 0 Å². The largest absolute Gasteiger partial charge is 0.346 e. The molecular formula is C10H19N3. The van der Waals surface area contributed by atoms with Crippen molar-refractivity contribution in [2.24, 2.45) is 5.73 Å². The number of nitrogens with zero attached hydrogens (tertiary/aromatic N) is 1. The first-order chi connectivity index (χ1) is 5.88. The topological polar surface area (TPSA) is 54.7 Å². The molecule has 1 heterocycles. The van der Waals surface area contributed by atoms with E-state index in [1.165, 1.54) is 0 Å². The summed E-state index contributed by atoms with van der Waals surface area (Å²) in [6.45, 7) is 8.13. The molecule has 3 nitrogen and oxygen atoms in total. The maximum absolute atomic E-state index is 5.89. The van der Waals surface area contributed by atoms with Crippen LogP contribution in [0.4, 0.5) is 0 Å². The van der Waals surface area contributed by atoms with Gasteiger partial charge in [-0.3, -0.25) is 0 Å². The molecule has 1 aromatic heterocycles. The molecule has 0 fully saturated rings. The Morgan fingerprint density at radius 1 is 1.38 bits per heavy atom. The summed E-state index contributed by atoms with van der Waals surface area (Å²) in [6.07, 6.45) is 1.89. The van der Waals surface area contributed by atoms with E-state index in [-0.39, 0.29) is 5.54 Å². The first-order valence-electron chi connectivity index (χ1n) is 4.69. The zero-order valence-electron chi connectivity index (χ0n) is 8.94. The van der Waals surface area contributed by atoms with Gasteiger partial charge in [0.05, 0.1) is 5.69 Å². The van der Waals surface area contributed by atoms with Gasteiger partial charge in [0.1, 0.15) is 5.82 Å². The molecule has 0 amide bonds. The number of hydrogen-bond donors (Lipinski definition) is 2. The number of hydrogen-bond acceptors (Lipinski definition) is 2. The fraction of sp³-hybridized carbons (Fsp3) is 0.700. The van der Waals surface area contributed by atoms with Gasteiger partial charge in [-0.2, -0.15) is 0 Å². The number of rotatable bonds is 3. The van der Waals surface area contributed by atoms with Crippen LogP contribution in [-0.4, -0.2) is 15.5 Å². The third-order valence-corrected chi connectivity index (χ3v) is 2.18. The van der Waals surface area contributed by atoms with Gasteiger partial charge in [-0.05, 0) is 34.1 Å². The van der Waals surface area contributed by atoms with Gasteiger partial charge in [-0.25, -0.2) is 4.98 Å². The second-order valence-corrected chi connectivity index (χ2v) is 4.38. The van der Waals surface area contributed by atoms with Crippen molar-refractivity contribution in [3.63, 3.8) is 0 Å². The summed E-state index contributed by atoms with van der Waals surface area (Å²) in [6, 6.07) is 0. The van der Waals surface area contributed by atoms with Crippen molar-refractivity contribution in [1.82, 2.24) is 9.97 Å². The monoisotopic (exact) mass is 181 g/mol. The van der Waals surface area contributed by atoms with Crippen molar-refractivity contribution in [3.05, 3.63) is 17.2 Å². The molecule has 0 saturated heterocycles. The molecule has 0 radical (unpaired) electrons. The average molecular weight is 181 g/mol. The van der Waals surface area contributed by atoms with Crippen LogP contribution in [0.2, 0.25) is 0 Å². The van der Waals surface area contributed by atoms with Crippen LogP contribution in [0.15, 0.2) is 0 Å². The van der Waals surface area contributed by atoms with Crippen molar-refractivity contribution in [2.45, 2.75) is 46.1 Å². The number of nitrogens with one attached hydrogen (secondary N) is 1. The van der Waals surface area contributed by atoms with Gasteiger partial charge in [-0.15, -0.1) is 0 Å². The zero-order chi connectivity index (χ0) is 10.1. The maximum Gasteiger partial charge on any atom is 0.106 e. The third kappa shape index (κ3) is 3.19. The predicted molar refractivity (Wildman–Crippen MR) is 54.6 cm³/mol. The van der Waals surface area contributed by atoms with Crippen molar-refractivity contribution in [3.8, 4) is 0 Å². The summed E-state index contributed by atoms with van der Waals surface area (Å²) < 4.78 is 0. The Labute approximate surface area is 79.8 Å². The molecule has 0 spiro atoms. The number of H-pyrrole nitrogens is 1. The number of nitrogens with two attached hydrogens (primary N) is 1. The molecule has 74 valence electrons. The Bertz CT molecular complexity index is 261. The molecule has 0 atom stereocenters. The average Bonchev–Trinajstić information content (AvgIpc) is 2.27. The Morgan fingerprint density at radius 2 is 2.00 bits per heavy atom. The summed E-state index contributed by atoms with van der Waals surface area (Å²) in [4.78, 5) is 7.65. The molecule has 0 aliphatic carbocycles. The van der Waals surface area contributed by atoms with E-state index in [1.807, 2.05) is 27.7 Å². The van der Waals surface area contributed by atoms with Gasteiger partial charge >= 0.3 is 0 Å². The van der Waals surface area contributed by atoms with E-state index in [2.05, 4.69) is 9.97 Å². The van der Waals surface area contributed by atoms with Crippen molar-refractivity contribution in [1.29, 1.82) is 0 Å². The van der Waals surface area contributed by atoms with E-state index in [4.69, 9.17) is 5.73 Å². The van der Waals surface area contributed by atoms with Crippen LogP contribution in [0.1, 0.15) is 37.5 Å². The highest BCUT2D eigenvalue weighted by Gasteiger charge is 2.12. The number of aromatic nitrogens is 2. The lowest BCUT2D eigenvalue weighted by Gasteiger charge is -2.16. The van der Waals surface area contributed by atoms with E-state index >= 15 is 0 Å². The molecule has 1 rings (SSSR count). The summed E-state index contributed by atoms with van der Waals surface area (Å²) >= 11 is 0. The number of imidazole rings is 1. The highest BCUT2D eigenvalue weighted by atomic mass is 14.9. The standard InChI is InChI=1S/C10H19N3/c1-7-8(2)13-9(12-7)5-6-10(3,4)11/h5-6,11H2,1-4H3,(H,12,13). The van der Waals surface area contributed by atoms with Crippen molar-refractivity contribution < 1.29 is 0 Å². The Hall–Kier alpha value is -0.830. The van der Waals surface area contributed by atoms with Crippen LogP contribution >= 0.6 is 0 Å². The lowest BCUT2D eigenvalue weighted by Crippen LogP contribution is -2.32. The van der Waals surface area contributed by atoms with Crippen LogP contribution in [0.25, 0.3) is 0 Å². The molecule has 3 heteroatoms. The minimum Gasteiger partial charge on any atom is -0.346 e. The van der Waals surface area contributed by atoms with Gasteiger partial charge < -0.3 is 10.7 Å². The Kier molecular flexibility index (Phi) is 2.76. The summed E-state index contributed by atoms with van der Waals surface area (Å²) in [5.41, 5.74) is 8.03. The second-order valence-electron chi connectivity index (χ2n) is 4.38. The second kappa shape index (κ2) is 3.50. The number of aromatic amines is 1. The van der Waals surface area contributed by atoms with E-state index in [0.29, 0.717) is 0 Å². The first-order valence-corrected chi connectivity index (χ1v) is 4.69. The van der Waals surface area contributed by atoms with E-state index in [1.54, 1.807) is 0 Å². The van der Waals surface area contributed by atoms with Crippen molar-refractivity contribution in [2.75, 3.05) is 0 Å². The van der Waals surface area contributed by atoms with Gasteiger partial charge in [0.25, 0.3) is 0 Å². The van der Waals surface area contributed by atoms with Crippen LogP contribution in [0.3, 0.4) is 0 Å². The number of aryl methyl sites for hydroxylation is 3. The molecular weight excluding hydrogens is 162 g/mol. The third-order valence-electron chi connectivity index (χ3n) is 2.18.